The summed E-state index contributed by atoms with van der Waals surface area (Å²) in [6.07, 6.45) is 0. The molecule has 8 nitrogen and oxygen atoms in total. The third kappa shape index (κ3) is 2.60. The molecule has 8 heteroatoms. The van der Waals surface area contributed by atoms with Crippen LogP contribution in [0.3, 0.4) is 0 Å². The Labute approximate surface area is 119 Å². The monoisotopic (exact) mass is 292 g/mol. The normalized spacial score (nSPS) is 15.8. The van der Waals surface area contributed by atoms with E-state index in [0.717, 1.165) is 4.90 Å². The molecule has 21 heavy (non-hydrogen) atoms. The summed E-state index contributed by atoms with van der Waals surface area (Å²) in [5, 5.41) is 2.49. The van der Waals surface area contributed by atoms with E-state index in [2.05, 4.69) is 5.32 Å². The van der Waals surface area contributed by atoms with Crippen LogP contribution in [0.15, 0.2) is 18.2 Å². The number of esters is 1. The molecule has 0 spiro atoms. The van der Waals surface area contributed by atoms with Crippen LogP contribution in [0.2, 0.25) is 0 Å². The smallest absolute Gasteiger partial charge is 0.338 e. The molecular weight excluding hydrogens is 280 g/mol. The van der Waals surface area contributed by atoms with Crippen molar-refractivity contribution in [3.05, 3.63) is 23.8 Å². The van der Waals surface area contributed by atoms with Gasteiger partial charge >= 0.3 is 12.0 Å². The van der Waals surface area contributed by atoms with Crippen molar-refractivity contribution in [1.29, 1.82) is 0 Å². The summed E-state index contributed by atoms with van der Waals surface area (Å²) in [7, 11) is 0. The van der Waals surface area contributed by atoms with Crippen LogP contribution in [-0.2, 0) is 9.53 Å². The van der Waals surface area contributed by atoms with E-state index in [-0.39, 0.29) is 18.9 Å². The molecule has 1 fully saturated rings. The number of fused-ring (bicyclic) bond motifs is 1. The van der Waals surface area contributed by atoms with E-state index in [0.29, 0.717) is 18.0 Å². The summed E-state index contributed by atoms with van der Waals surface area (Å²) in [4.78, 5) is 35.9. The maximum atomic E-state index is 11.9. The van der Waals surface area contributed by atoms with Gasteiger partial charge in [-0.05, 0) is 18.2 Å². The van der Waals surface area contributed by atoms with E-state index in [1.54, 1.807) is 6.07 Å². The topological polar surface area (TPSA) is 94.2 Å². The van der Waals surface area contributed by atoms with Gasteiger partial charge in [-0.3, -0.25) is 9.69 Å². The number of urea groups is 1. The Morgan fingerprint density at radius 3 is 2.86 bits per heavy atom. The van der Waals surface area contributed by atoms with Gasteiger partial charge in [-0.25, -0.2) is 9.59 Å². The standard InChI is InChI=1S/C13H12N2O6/c16-11(15-4-3-14-13(15)18)6-19-12(17)8-1-2-9-10(5-8)21-7-20-9/h1-2,5H,3-4,6-7H2,(H,14,18). The van der Waals surface area contributed by atoms with E-state index in [9.17, 15) is 14.4 Å². The minimum atomic E-state index is -0.666. The molecule has 1 aromatic rings. The molecule has 2 aliphatic heterocycles. The zero-order valence-corrected chi connectivity index (χ0v) is 11.0. The molecule has 0 radical (unpaired) electrons. The van der Waals surface area contributed by atoms with Crippen LogP contribution in [0.4, 0.5) is 4.79 Å². The van der Waals surface area contributed by atoms with Gasteiger partial charge in [-0.2, -0.15) is 0 Å². The second-order valence-corrected chi connectivity index (χ2v) is 4.42. The Morgan fingerprint density at radius 2 is 2.10 bits per heavy atom. The molecule has 0 atom stereocenters. The van der Waals surface area contributed by atoms with Crippen molar-refractivity contribution < 1.29 is 28.6 Å². The Kier molecular flexibility index (Phi) is 3.35. The molecule has 1 saturated heterocycles. The molecule has 0 aromatic heterocycles. The van der Waals surface area contributed by atoms with Crippen LogP contribution >= 0.6 is 0 Å². The number of nitrogens with one attached hydrogen (secondary N) is 1. The first kappa shape index (κ1) is 13.2. The lowest BCUT2D eigenvalue weighted by Crippen LogP contribution is -2.37. The van der Waals surface area contributed by atoms with Gasteiger partial charge in [-0.1, -0.05) is 0 Å². The molecule has 110 valence electrons. The van der Waals surface area contributed by atoms with Gasteiger partial charge < -0.3 is 19.5 Å². The van der Waals surface area contributed by atoms with Crippen molar-refractivity contribution in [2.75, 3.05) is 26.5 Å². The number of imide groups is 1. The molecule has 0 saturated carbocycles. The quantitative estimate of drug-likeness (QED) is 0.795. The van der Waals surface area contributed by atoms with E-state index in [1.165, 1.54) is 12.1 Å². The fourth-order valence-corrected chi connectivity index (χ4v) is 2.02. The van der Waals surface area contributed by atoms with Crippen LogP contribution in [-0.4, -0.2) is 49.3 Å². The van der Waals surface area contributed by atoms with Crippen LogP contribution < -0.4 is 14.8 Å². The second kappa shape index (κ2) is 5.31. The van der Waals surface area contributed by atoms with E-state index >= 15 is 0 Å². The predicted octanol–water partition coefficient (Wildman–Crippen LogP) is 0.124. The van der Waals surface area contributed by atoms with Gasteiger partial charge in [0.05, 0.1) is 5.56 Å². The number of rotatable bonds is 3. The lowest BCUT2D eigenvalue weighted by atomic mass is 10.2. The van der Waals surface area contributed by atoms with E-state index in [1.807, 2.05) is 0 Å². The van der Waals surface area contributed by atoms with Gasteiger partial charge in [0.25, 0.3) is 5.91 Å². The molecule has 2 heterocycles. The van der Waals surface area contributed by atoms with Gasteiger partial charge in [0, 0.05) is 13.1 Å². The lowest BCUT2D eigenvalue weighted by molar-refractivity contribution is -0.130. The number of hydrogen-bond donors (Lipinski definition) is 1. The Morgan fingerprint density at radius 1 is 1.29 bits per heavy atom. The summed E-state index contributed by atoms with van der Waals surface area (Å²) < 4.78 is 15.2. The highest BCUT2D eigenvalue weighted by Gasteiger charge is 2.27. The molecule has 3 amide bonds. The maximum Gasteiger partial charge on any atom is 0.338 e. The number of carbonyl (C=O) groups excluding carboxylic acids is 3. The zero-order chi connectivity index (χ0) is 14.8. The molecule has 0 aliphatic carbocycles. The Bertz CT molecular complexity index is 615. The number of amides is 3. The number of nitrogens with zero attached hydrogens (tertiary/aromatic N) is 1. The van der Waals surface area contributed by atoms with E-state index in [4.69, 9.17) is 14.2 Å². The van der Waals surface area contributed by atoms with Gasteiger partial charge in [0.15, 0.2) is 18.1 Å². The minimum absolute atomic E-state index is 0.108. The van der Waals surface area contributed by atoms with Gasteiger partial charge in [0.2, 0.25) is 6.79 Å². The molecule has 0 unspecified atom stereocenters. The fraction of sp³-hybridized carbons (Fsp3) is 0.308. The average molecular weight is 292 g/mol. The third-order valence-corrected chi connectivity index (χ3v) is 3.09. The average Bonchev–Trinajstić information content (AvgIpc) is 3.11. The highest BCUT2D eigenvalue weighted by molar-refractivity contribution is 5.98. The molecule has 3 rings (SSSR count). The summed E-state index contributed by atoms with van der Waals surface area (Å²) in [5.41, 5.74) is 0.248. The number of ether oxygens (including phenoxy) is 3. The van der Waals surface area contributed by atoms with Crippen molar-refractivity contribution in [3.63, 3.8) is 0 Å². The molecule has 1 aromatic carbocycles. The van der Waals surface area contributed by atoms with Gasteiger partial charge in [0.1, 0.15) is 0 Å². The van der Waals surface area contributed by atoms with Crippen LogP contribution in [0.25, 0.3) is 0 Å². The maximum absolute atomic E-state index is 11.9. The van der Waals surface area contributed by atoms with Crippen molar-refractivity contribution in [2.45, 2.75) is 0 Å². The van der Waals surface area contributed by atoms with Crippen LogP contribution in [0, 0.1) is 0 Å². The molecule has 1 N–H and O–H groups in total. The predicted molar refractivity (Wildman–Crippen MR) is 68.0 cm³/mol. The van der Waals surface area contributed by atoms with Crippen LogP contribution in [0.1, 0.15) is 10.4 Å². The first-order valence-electron chi connectivity index (χ1n) is 6.30. The summed E-state index contributed by atoms with van der Waals surface area (Å²) in [6, 6.07) is 4.12. The zero-order valence-electron chi connectivity index (χ0n) is 11.0. The number of benzene rings is 1. The Hall–Kier alpha value is -2.77. The van der Waals surface area contributed by atoms with Gasteiger partial charge in [-0.15, -0.1) is 0 Å². The minimum Gasteiger partial charge on any atom is -0.454 e. The van der Waals surface area contributed by atoms with Crippen molar-refractivity contribution in [1.82, 2.24) is 10.2 Å². The third-order valence-electron chi connectivity index (χ3n) is 3.09. The van der Waals surface area contributed by atoms with Crippen LogP contribution in [0.5, 0.6) is 11.5 Å². The first-order chi connectivity index (χ1) is 10.1. The molecular formula is C13H12N2O6. The second-order valence-electron chi connectivity index (χ2n) is 4.42. The first-order valence-corrected chi connectivity index (χ1v) is 6.30. The Balaban J connectivity index is 1.59. The van der Waals surface area contributed by atoms with E-state index < -0.39 is 24.5 Å². The summed E-state index contributed by atoms with van der Waals surface area (Å²) in [6.45, 7) is 0.303. The van der Waals surface area contributed by atoms with Crippen molar-refractivity contribution in [3.8, 4) is 11.5 Å². The highest BCUT2D eigenvalue weighted by Crippen LogP contribution is 2.32. The molecule has 0 bridgehead atoms. The summed E-state index contributed by atoms with van der Waals surface area (Å²) >= 11 is 0. The highest BCUT2D eigenvalue weighted by atomic mass is 16.7. The number of hydrogen-bond acceptors (Lipinski definition) is 6. The molecule has 2 aliphatic rings. The lowest BCUT2D eigenvalue weighted by Gasteiger charge is -2.12. The fourth-order valence-electron chi connectivity index (χ4n) is 2.02. The summed E-state index contributed by atoms with van der Waals surface area (Å²) in [5.74, 6) is -0.216. The SMILES string of the molecule is O=C(OCC(=O)N1CCNC1=O)c1ccc2c(c1)OCO2. The number of carbonyl (C=O) groups is 3. The largest absolute Gasteiger partial charge is 0.454 e. The van der Waals surface area contributed by atoms with Crippen molar-refractivity contribution >= 4 is 17.9 Å². The van der Waals surface area contributed by atoms with Crippen molar-refractivity contribution in [2.24, 2.45) is 0 Å².